The zero-order chi connectivity index (χ0) is 8.53. The Labute approximate surface area is 67.5 Å². The molecular formula is C9H14N2. The molecule has 0 amide bonds. The molecule has 0 radical (unpaired) electrons. The second kappa shape index (κ2) is 6.99. The first-order chi connectivity index (χ1) is 5.43. The lowest BCUT2D eigenvalue weighted by Crippen LogP contribution is -2.02. The monoisotopic (exact) mass is 150 g/mol. The SMILES string of the molecule is CC=Cc1ccccc1.NN. The zero-order valence-electron chi connectivity index (χ0n) is 6.70. The van der Waals surface area contributed by atoms with Crippen LogP contribution in [0.4, 0.5) is 0 Å². The summed E-state index contributed by atoms with van der Waals surface area (Å²) in [5, 5.41) is 0. The summed E-state index contributed by atoms with van der Waals surface area (Å²) in [5.41, 5.74) is 1.26. The molecule has 2 nitrogen and oxygen atoms in total. The lowest BCUT2D eigenvalue weighted by Gasteiger charge is -1.86. The highest BCUT2D eigenvalue weighted by molar-refractivity contribution is 5.47. The topological polar surface area (TPSA) is 52.0 Å². The summed E-state index contributed by atoms with van der Waals surface area (Å²) < 4.78 is 0. The maximum Gasteiger partial charge on any atom is -0.0260 e. The predicted octanol–water partition coefficient (Wildman–Crippen LogP) is 1.54. The van der Waals surface area contributed by atoms with Crippen LogP contribution in [0.15, 0.2) is 36.4 Å². The van der Waals surface area contributed by atoms with Gasteiger partial charge >= 0.3 is 0 Å². The van der Waals surface area contributed by atoms with Crippen LogP contribution in [0.25, 0.3) is 6.08 Å². The van der Waals surface area contributed by atoms with Crippen LogP contribution in [0.1, 0.15) is 12.5 Å². The van der Waals surface area contributed by atoms with Crippen molar-refractivity contribution in [2.75, 3.05) is 0 Å². The highest BCUT2D eigenvalue weighted by Gasteiger charge is 1.77. The van der Waals surface area contributed by atoms with Gasteiger partial charge in [0.25, 0.3) is 0 Å². The number of hydrogen-bond donors (Lipinski definition) is 2. The van der Waals surface area contributed by atoms with Gasteiger partial charge in [0, 0.05) is 0 Å². The van der Waals surface area contributed by atoms with Gasteiger partial charge in [-0.2, -0.15) is 0 Å². The van der Waals surface area contributed by atoms with Crippen molar-refractivity contribution in [3.63, 3.8) is 0 Å². The molecule has 0 fully saturated rings. The second-order valence-corrected chi connectivity index (χ2v) is 1.91. The maximum absolute atomic E-state index is 4.00. The fourth-order valence-corrected chi connectivity index (χ4v) is 0.757. The molecule has 0 bridgehead atoms. The standard InChI is InChI=1S/C9H10.H4N2/c1-2-6-9-7-4-3-5-8-9;1-2/h2-8H,1H3;1-2H2. The Morgan fingerprint density at radius 3 is 2.09 bits per heavy atom. The summed E-state index contributed by atoms with van der Waals surface area (Å²) in [6.45, 7) is 2.02. The van der Waals surface area contributed by atoms with E-state index in [1.165, 1.54) is 5.56 Å². The van der Waals surface area contributed by atoms with Crippen molar-refractivity contribution in [2.24, 2.45) is 11.7 Å². The predicted molar refractivity (Wildman–Crippen MR) is 49.5 cm³/mol. The molecule has 1 aromatic rings. The van der Waals surface area contributed by atoms with Crippen LogP contribution in [0.2, 0.25) is 0 Å². The third-order valence-corrected chi connectivity index (χ3v) is 1.16. The molecule has 2 heteroatoms. The second-order valence-electron chi connectivity index (χ2n) is 1.91. The number of hydrogen-bond acceptors (Lipinski definition) is 2. The third-order valence-electron chi connectivity index (χ3n) is 1.16. The Balaban J connectivity index is 0.000000461. The Morgan fingerprint density at radius 1 is 1.09 bits per heavy atom. The van der Waals surface area contributed by atoms with E-state index in [2.05, 4.69) is 29.9 Å². The Bertz CT molecular complexity index is 192. The molecule has 60 valence electrons. The van der Waals surface area contributed by atoms with Gasteiger partial charge in [0.1, 0.15) is 0 Å². The van der Waals surface area contributed by atoms with Crippen LogP contribution in [-0.2, 0) is 0 Å². The summed E-state index contributed by atoms with van der Waals surface area (Å²) in [6, 6.07) is 10.3. The Morgan fingerprint density at radius 2 is 1.64 bits per heavy atom. The fourth-order valence-electron chi connectivity index (χ4n) is 0.757. The summed E-state index contributed by atoms with van der Waals surface area (Å²) in [4.78, 5) is 0. The van der Waals surface area contributed by atoms with Crippen molar-refractivity contribution in [2.45, 2.75) is 6.92 Å². The largest absolute Gasteiger partial charge is 0.274 e. The van der Waals surface area contributed by atoms with Crippen LogP contribution >= 0.6 is 0 Å². The average molecular weight is 150 g/mol. The van der Waals surface area contributed by atoms with Gasteiger partial charge in [0.05, 0.1) is 0 Å². The van der Waals surface area contributed by atoms with Crippen LogP contribution in [0.3, 0.4) is 0 Å². The minimum Gasteiger partial charge on any atom is -0.274 e. The Kier molecular flexibility index (Phi) is 6.28. The molecule has 0 spiro atoms. The van der Waals surface area contributed by atoms with Gasteiger partial charge in [0.2, 0.25) is 0 Å². The van der Waals surface area contributed by atoms with Crippen LogP contribution in [0, 0.1) is 0 Å². The van der Waals surface area contributed by atoms with Gasteiger partial charge < -0.3 is 0 Å². The van der Waals surface area contributed by atoms with E-state index in [9.17, 15) is 0 Å². The highest BCUT2D eigenvalue weighted by atomic mass is 15.0. The smallest absolute Gasteiger partial charge is 0.0260 e. The zero-order valence-corrected chi connectivity index (χ0v) is 6.70. The number of allylic oxidation sites excluding steroid dienone is 1. The van der Waals surface area contributed by atoms with E-state index in [1.54, 1.807) is 0 Å². The van der Waals surface area contributed by atoms with Crippen molar-refractivity contribution in [3.05, 3.63) is 42.0 Å². The van der Waals surface area contributed by atoms with Crippen molar-refractivity contribution in [3.8, 4) is 0 Å². The van der Waals surface area contributed by atoms with E-state index in [0.717, 1.165) is 0 Å². The summed E-state index contributed by atoms with van der Waals surface area (Å²) in [6.07, 6.45) is 4.12. The molecule has 0 saturated carbocycles. The first-order valence-electron chi connectivity index (χ1n) is 3.44. The highest BCUT2D eigenvalue weighted by Crippen LogP contribution is 1.99. The van der Waals surface area contributed by atoms with Crippen LogP contribution < -0.4 is 11.7 Å². The van der Waals surface area contributed by atoms with Crippen molar-refractivity contribution >= 4 is 6.08 Å². The normalized spacial score (nSPS) is 9.00. The molecule has 1 rings (SSSR count). The van der Waals surface area contributed by atoms with E-state index in [0.29, 0.717) is 0 Å². The molecule has 0 saturated heterocycles. The van der Waals surface area contributed by atoms with Crippen molar-refractivity contribution in [1.29, 1.82) is 0 Å². The molecule has 0 unspecified atom stereocenters. The summed E-state index contributed by atoms with van der Waals surface area (Å²) in [5.74, 6) is 8.00. The van der Waals surface area contributed by atoms with Gasteiger partial charge in [-0.25, -0.2) is 0 Å². The number of benzene rings is 1. The molecular weight excluding hydrogens is 136 g/mol. The molecule has 4 N–H and O–H groups in total. The van der Waals surface area contributed by atoms with Crippen LogP contribution in [-0.4, -0.2) is 0 Å². The van der Waals surface area contributed by atoms with E-state index >= 15 is 0 Å². The summed E-state index contributed by atoms with van der Waals surface area (Å²) >= 11 is 0. The van der Waals surface area contributed by atoms with E-state index in [-0.39, 0.29) is 0 Å². The van der Waals surface area contributed by atoms with Gasteiger partial charge in [-0.1, -0.05) is 42.5 Å². The molecule has 0 atom stereocenters. The van der Waals surface area contributed by atoms with Crippen molar-refractivity contribution < 1.29 is 0 Å². The van der Waals surface area contributed by atoms with E-state index < -0.39 is 0 Å². The minimum atomic E-state index is 1.26. The molecule has 11 heavy (non-hydrogen) atoms. The number of nitrogens with two attached hydrogens (primary N) is 2. The molecule has 0 aliphatic carbocycles. The van der Waals surface area contributed by atoms with Crippen LogP contribution in [0.5, 0.6) is 0 Å². The Hall–Kier alpha value is -1.12. The fraction of sp³-hybridized carbons (Fsp3) is 0.111. The minimum absolute atomic E-state index is 1.26. The lowest BCUT2D eigenvalue weighted by atomic mass is 10.2. The number of hydrazine groups is 1. The van der Waals surface area contributed by atoms with Gasteiger partial charge in [-0.3, -0.25) is 11.7 Å². The van der Waals surface area contributed by atoms with Gasteiger partial charge in [-0.15, -0.1) is 0 Å². The maximum atomic E-state index is 4.00. The van der Waals surface area contributed by atoms with E-state index in [4.69, 9.17) is 0 Å². The third kappa shape index (κ3) is 4.31. The van der Waals surface area contributed by atoms with Gasteiger partial charge in [0.15, 0.2) is 0 Å². The molecule has 0 aromatic heterocycles. The van der Waals surface area contributed by atoms with Crippen molar-refractivity contribution in [1.82, 2.24) is 0 Å². The molecule has 0 aliphatic rings. The first-order valence-corrected chi connectivity index (χ1v) is 3.44. The first kappa shape index (κ1) is 9.88. The molecule has 0 heterocycles. The molecule has 1 aromatic carbocycles. The van der Waals surface area contributed by atoms with Gasteiger partial charge in [-0.05, 0) is 12.5 Å². The van der Waals surface area contributed by atoms with E-state index in [1.807, 2.05) is 31.2 Å². The molecule has 0 aliphatic heterocycles. The number of rotatable bonds is 1. The lowest BCUT2D eigenvalue weighted by molar-refractivity contribution is 1.26. The summed E-state index contributed by atoms with van der Waals surface area (Å²) in [7, 11) is 0. The quantitative estimate of drug-likeness (QED) is 0.471. The average Bonchev–Trinajstić information content (AvgIpc) is 2.11.